The van der Waals surface area contributed by atoms with E-state index < -0.39 is 6.04 Å². The summed E-state index contributed by atoms with van der Waals surface area (Å²) < 4.78 is 24.7. The van der Waals surface area contributed by atoms with Gasteiger partial charge in [0.2, 0.25) is 0 Å². The Balaban J connectivity index is 1.69. The van der Waals surface area contributed by atoms with Crippen molar-refractivity contribution in [3.05, 3.63) is 65.1 Å². The van der Waals surface area contributed by atoms with Gasteiger partial charge in [0.15, 0.2) is 0 Å². The molecule has 1 aliphatic rings. The topological polar surface area (TPSA) is 83.5 Å². The highest BCUT2D eigenvalue weighted by Crippen LogP contribution is 2.41. The van der Waals surface area contributed by atoms with Crippen LogP contribution in [0.3, 0.4) is 0 Å². The fourth-order valence-electron chi connectivity index (χ4n) is 5.22. The Labute approximate surface area is 205 Å². The van der Waals surface area contributed by atoms with Crippen LogP contribution < -0.4 is 0 Å². The lowest BCUT2D eigenvalue weighted by Gasteiger charge is -2.32. The molecule has 1 fully saturated rings. The van der Waals surface area contributed by atoms with Crippen LogP contribution in [0.25, 0.3) is 33.3 Å². The van der Waals surface area contributed by atoms with Gasteiger partial charge in [0, 0.05) is 43.6 Å². The van der Waals surface area contributed by atoms with Crippen molar-refractivity contribution >= 4 is 33.7 Å². The van der Waals surface area contributed by atoms with E-state index in [9.17, 15) is 0 Å². The van der Waals surface area contributed by atoms with Crippen LogP contribution in [0.2, 0.25) is 5.15 Å². The molecule has 178 valence electrons. The molecule has 0 N–H and O–H groups in total. The number of fused-ring (bicyclic) bond motifs is 3. The zero-order chi connectivity index (χ0) is 24.1. The molecule has 5 aromatic rings. The lowest BCUT2D eigenvalue weighted by molar-refractivity contribution is 0.0542. The zero-order valence-electron chi connectivity index (χ0n) is 19.3. The maximum Gasteiger partial charge on any atom is 0.146 e. The Bertz CT molecular complexity index is 1540. The molecular formula is C25H23ClFN7O. The molecule has 0 spiro atoms. The molecule has 0 saturated carbocycles. The third kappa shape index (κ3) is 3.66. The van der Waals surface area contributed by atoms with Gasteiger partial charge in [-0.2, -0.15) is 0 Å². The molecule has 0 aliphatic carbocycles. The van der Waals surface area contributed by atoms with Crippen LogP contribution in [0.4, 0.5) is 4.39 Å². The molecule has 10 heteroatoms. The summed E-state index contributed by atoms with van der Waals surface area (Å²) in [6.07, 6.45) is 5.01. The number of hydrogen-bond donors (Lipinski definition) is 0. The number of aromatic nitrogens is 7. The second-order valence-corrected chi connectivity index (χ2v) is 9.27. The third-order valence-electron chi connectivity index (χ3n) is 6.78. The van der Waals surface area contributed by atoms with E-state index in [2.05, 4.69) is 30.9 Å². The highest BCUT2D eigenvalue weighted by atomic mass is 35.5. The van der Waals surface area contributed by atoms with E-state index in [1.807, 2.05) is 26.2 Å². The Morgan fingerprint density at radius 3 is 2.74 bits per heavy atom. The van der Waals surface area contributed by atoms with Crippen molar-refractivity contribution in [2.45, 2.75) is 25.8 Å². The Morgan fingerprint density at radius 2 is 2.00 bits per heavy atom. The Hall–Kier alpha value is -3.43. The number of hydrogen-bond acceptors (Lipinski definition) is 6. The summed E-state index contributed by atoms with van der Waals surface area (Å²) in [7, 11) is 1.85. The van der Waals surface area contributed by atoms with Crippen molar-refractivity contribution in [3.8, 4) is 11.3 Å². The number of halogens is 2. The molecule has 1 aliphatic heterocycles. The number of ether oxygens (including phenoxy) is 1. The molecule has 5 aromatic heterocycles. The summed E-state index contributed by atoms with van der Waals surface area (Å²) in [5.74, 6) is -0.256. The summed E-state index contributed by atoms with van der Waals surface area (Å²) in [6.45, 7) is 3.14. The molecule has 0 amide bonds. The minimum absolute atomic E-state index is 0.0940. The summed E-state index contributed by atoms with van der Waals surface area (Å²) in [5.41, 5.74) is 5.17. The molecule has 1 saturated heterocycles. The molecule has 0 bridgehead atoms. The first-order valence-corrected chi connectivity index (χ1v) is 11.9. The average molecular weight is 492 g/mol. The quantitative estimate of drug-likeness (QED) is 0.333. The van der Waals surface area contributed by atoms with E-state index in [1.54, 1.807) is 23.0 Å². The van der Waals surface area contributed by atoms with E-state index >= 15 is 4.39 Å². The molecule has 8 nitrogen and oxygen atoms in total. The maximum atomic E-state index is 15.3. The largest absolute Gasteiger partial charge is 0.381 e. The maximum absolute atomic E-state index is 15.3. The monoisotopic (exact) mass is 491 g/mol. The fraction of sp³-hybridized carbons (Fsp3) is 0.320. The molecule has 0 aromatic carbocycles. The number of rotatable bonds is 4. The second-order valence-electron chi connectivity index (χ2n) is 8.88. The number of nitrogens with zero attached hydrogens (tertiary/aromatic N) is 7. The van der Waals surface area contributed by atoms with Crippen LogP contribution >= 0.6 is 11.6 Å². The SMILES string of the molecule is Cc1nnn(C)c1-c1cnc2c3ccc(Cl)nc3n(C(c3ncccc3F)C3CCOCC3)c2c1. The lowest BCUT2D eigenvalue weighted by Crippen LogP contribution is -2.28. The van der Waals surface area contributed by atoms with Crippen LogP contribution in [0.1, 0.15) is 30.3 Å². The van der Waals surface area contributed by atoms with Gasteiger partial charge in [-0.05, 0) is 56.0 Å². The summed E-state index contributed by atoms with van der Waals surface area (Å²) in [6, 6.07) is 8.38. The minimum Gasteiger partial charge on any atom is -0.381 e. The normalized spacial score (nSPS) is 15.8. The van der Waals surface area contributed by atoms with Crippen LogP contribution in [0.5, 0.6) is 0 Å². The summed E-state index contributed by atoms with van der Waals surface area (Å²) in [4.78, 5) is 14.0. The fourth-order valence-corrected chi connectivity index (χ4v) is 5.37. The van der Waals surface area contributed by atoms with Crippen LogP contribution in [0.15, 0.2) is 42.7 Å². The average Bonchev–Trinajstić information content (AvgIpc) is 3.36. The van der Waals surface area contributed by atoms with Crippen molar-refractivity contribution in [3.63, 3.8) is 0 Å². The van der Waals surface area contributed by atoms with Gasteiger partial charge in [0.1, 0.15) is 16.6 Å². The van der Waals surface area contributed by atoms with Gasteiger partial charge in [0.25, 0.3) is 0 Å². The molecule has 6 rings (SSSR count). The molecule has 35 heavy (non-hydrogen) atoms. The third-order valence-corrected chi connectivity index (χ3v) is 6.99. The van der Waals surface area contributed by atoms with E-state index in [4.69, 9.17) is 21.3 Å². The smallest absolute Gasteiger partial charge is 0.146 e. The Kier molecular flexibility index (Phi) is 5.46. The van der Waals surface area contributed by atoms with Gasteiger partial charge in [-0.25, -0.2) is 14.1 Å². The second kappa shape index (κ2) is 8.66. The first kappa shape index (κ1) is 22.1. The summed E-state index contributed by atoms with van der Waals surface area (Å²) >= 11 is 6.37. The highest BCUT2D eigenvalue weighted by molar-refractivity contribution is 6.30. The minimum atomic E-state index is -0.408. The van der Waals surface area contributed by atoms with Crippen LogP contribution in [0, 0.1) is 18.7 Å². The first-order valence-electron chi connectivity index (χ1n) is 11.5. The molecule has 1 atom stereocenters. The predicted octanol–water partition coefficient (Wildman–Crippen LogP) is 4.89. The standard InChI is InChI=1S/C25H23ClFN7O/c1-14-23(33(2)32-31-14)16-12-19-21(29-13-16)17-5-6-20(26)30-25(17)34(19)24(15-7-10-35-11-8-15)22-18(27)4-3-9-28-22/h3-6,9,12-13,15,24H,7-8,10-11H2,1-2H3. The zero-order valence-corrected chi connectivity index (χ0v) is 20.1. The molecular weight excluding hydrogens is 469 g/mol. The summed E-state index contributed by atoms with van der Waals surface area (Å²) in [5, 5.41) is 9.55. The van der Waals surface area contributed by atoms with Crippen molar-refractivity contribution < 1.29 is 9.13 Å². The van der Waals surface area contributed by atoms with Gasteiger partial charge in [-0.15, -0.1) is 5.10 Å². The van der Waals surface area contributed by atoms with Gasteiger partial charge in [-0.1, -0.05) is 16.8 Å². The van der Waals surface area contributed by atoms with Crippen molar-refractivity contribution in [2.75, 3.05) is 13.2 Å². The van der Waals surface area contributed by atoms with E-state index in [0.717, 1.165) is 46.2 Å². The van der Waals surface area contributed by atoms with Crippen molar-refractivity contribution in [1.29, 1.82) is 0 Å². The lowest BCUT2D eigenvalue weighted by atomic mass is 9.88. The van der Waals surface area contributed by atoms with Gasteiger partial charge >= 0.3 is 0 Å². The van der Waals surface area contributed by atoms with E-state index in [-0.39, 0.29) is 11.7 Å². The molecule has 0 radical (unpaired) electrons. The van der Waals surface area contributed by atoms with Crippen LogP contribution in [-0.2, 0) is 11.8 Å². The molecule has 1 unspecified atom stereocenters. The number of pyridine rings is 3. The van der Waals surface area contributed by atoms with Crippen LogP contribution in [-0.4, -0.2) is 47.7 Å². The van der Waals surface area contributed by atoms with Gasteiger partial charge in [-0.3, -0.25) is 9.97 Å². The van der Waals surface area contributed by atoms with E-state index in [1.165, 1.54) is 6.07 Å². The van der Waals surface area contributed by atoms with Crippen molar-refractivity contribution in [1.82, 2.24) is 34.5 Å². The van der Waals surface area contributed by atoms with Crippen molar-refractivity contribution in [2.24, 2.45) is 13.0 Å². The first-order chi connectivity index (χ1) is 17.0. The van der Waals surface area contributed by atoms with Gasteiger partial charge < -0.3 is 9.30 Å². The Morgan fingerprint density at radius 1 is 1.17 bits per heavy atom. The highest BCUT2D eigenvalue weighted by Gasteiger charge is 2.33. The van der Waals surface area contributed by atoms with Gasteiger partial charge in [0.05, 0.1) is 34.2 Å². The number of aryl methyl sites for hydroxylation is 2. The predicted molar refractivity (Wildman–Crippen MR) is 131 cm³/mol. The molecule has 6 heterocycles. The van der Waals surface area contributed by atoms with E-state index in [0.29, 0.717) is 29.7 Å².